The Labute approximate surface area is 213 Å². The fourth-order valence-corrected chi connectivity index (χ4v) is 5.72. The highest BCUT2D eigenvalue weighted by atomic mass is 35.5. The van der Waals surface area contributed by atoms with E-state index >= 15 is 0 Å². The maximum atomic E-state index is 13.6. The second-order valence-corrected chi connectivity index (χ2v) is 9.77. The van der Waals surface area contributed by atoms with Gasteiger partial charge in [0.2, 0.25) is 12.7 Å². The van der Waals surface area contributed by atoms with E-state index < -0.39 is 0 Å². The average molecular weight is 530 g/mol. The van der Waals surface area contributed by atoms with Gasteiger partial charge in [-0.25, -0.2) is 4.98 Å². The second kappa shape index (κ2) is 10.3. The van der Waals surface area contributed by atoms with Crippen LogP contribution in [0.4, 0.5) is 5.69 Å². The van der Waals surface area contributed by atoms with E-state index in [-0.39, 0.29) is 24.0 Å². The third-order valence-electron chi connectivity index (χ3n) is 5.33. The summed E-state index contributed by atoms with van der Waals surface area (Å²) in [7, 11) is 1.57. The number of hydrogen-bond donors (Lipinski definition) is 1. The van der Waals surface area contributed by atoms with Gasteiger partial charge >= 0.3 is 0 Å². The first-order chi connectivity index (χ1) is 17.0. The van der Waals surface area contributed by atoms with Crippen LogP contribution < -0.4 is 20.3 Å². The maximum absolute atomic E-state index is 13.6. The fraction of sp³-hybridized carbons (Fsp3) is 0.208. The lowest BCUT2D eigenvalue weighted by Gasteiger charge is -2.12. The summed E-state index contributed by atoms with van der Waals surface area (Å²) in [5.74, 6) is 1.07. The summed E-state index contributed by atoms with van der Waals surface area (Å²) < 4.78 is 17.4. The second-order valence-electron chi connectivity index (χ2n) is 7.56. The lowest BCUT2D eigenvalue weighted by Crippen LogP contribution is -2.25. The third-order valence-corrected chi connectivity index (χ3v) is 7.51. The van der Waals surface area contributed by atoms with Gasteiger partial charge < -0.3 is 19.5 Å². The van der Waals surface area contributed by atoms with Crippen LogP contribution in [0.25, 0.3) is 21.3 Å². The molecule has 0 radical (unpaired) electrons. The highest BCUT2D eigenvalue weighted by molar-refractivity contribution is 7.99. The van der Waals surface area contributed by atoms with Crippen molar-refractivity contribution in [3.63, 3.8) is 0 Å². The third kappa shape index (κ3) is 4.87. The predicted molar refractivity (Wildman–Crippen MR) is 138 cm³/mol. The highest BCUT2D eigenvalue weighted by Gasteiger charge is 2.20. The molecule has 35 heavy (non-hydrogen) atoms. The number of hydrogen-bond acceptors (Lipinski definition) is 8. The van der Waals surface area contributed by atoms with Gasteiger partial charge in [0.15, 0.2) is 16.7 Å². The van der Waals surface area contributed by atoms with E-state index in [2.05, 4.69) is 5.32 Å². The number of carbonyl (C=O) groups is 1. The monoisotopic (exact) mass is 529 g/mol. The van der Waals surface area contributed by atoms with Crippen molar-refractivity contribution in [2.45, 2.75) is 11.7 Å². The Hall–Kier alpha value is -3.05. The summed E-state index contributed by atoms with van der Waals surface area (Å²) in [5.41, 5.74) is 1.93. The zero-order valence-corrected chi connectivity index (χ0v) is 21.0. The van der Waals surface area contributed by atoms with Crippen LogP contribution in [0.1, 0.15) is 0 Å². The van der Waals surface area contributed by atoms with E-state index in [1.54, 1.807) is 35.9 Å². The molecule has 1 N–H and O–H groups in total. The number of rotatable bonds is 8. The molecule has 2 aromatic heterocycles. The minimum atomic E-state index is -0.232. The molecular formula is C24H20ClN3O5S2. The number of thiophene rings is 1. The minimum Gasteiger partial charge on any atom is -0.454 e. The molecule has 1 aliphatic rings. The highest BCUT2D eigenvalue weighted by Crippen LogP contribution is 2.36. The Morgan fingerprint density at radius 2 is 2.06 bits per heavy atom. The van der Waals surface area contributed by atoms with Crippen LogP contribution in [-0.2, 0) is 16.1 Å². The Morgan fingerprint density at radius 3 is 2.89 bits per heavy atom. The van der Waals surface area contributed by atoms with Gasteiger partial charge in [-0.2, -0.15) is 0 Å². The van der Waals surface area contributed by atoms with E-state index in [9.17, 15) is 9.59 Å². The van der Waals surface area contributed by atoms with Gasteiger partial charge in [0.1, 0.15) is 4.83 Å². The molecule has 0 saturated heterocycles. The van der Waals surface area contributed by atoms with Gasteiger partial charge in [0.25, 0.3) is 5.56 Å². The Bertz CT molecular complexity index is 1470. The summed E-state index contributed by atoms with van der Waals surface area (Å²) in [6, 6.07) is 12.6. The molecule has 0 spiro atoms. The van der Waals surface area contributed by atoms with Gasteiger partial charge in [-0.15, -0.1) is 11.3 Å². The van der Waals surface area contributed by atoms with Gasteiger partial charge in [-0.05, 0) is 18.2 Å². The lowest BCUT2D eigenvalue weighted by atomic mass is 10.1. The zero-order valence-electron chi connectivity index (χ0n) is 18.6. The molecule has 8 nitrogen and oxygen atoms in total. The fourth-order valence-electron chi connectivity index (χ4n) is 3.67. The molecule has 2 aromatic carbocycles. The quantitative estimate of drug-likeness (QED) is 0.257. The molecule has 3 heterocycles. The smallest absolute Gasteiger partial charge is 0.263 e. The molecule has 0 atom stereocenters. The molecule has 1 amide bonds. The normalized spacial score (nSPS) is 12.3. The number of carbonyl (C=O) groups excluding carboxylic acids is 1. The van der Waals surface area contributed by atoms with Crippen LogP contribution in [0, 0.1) is 0 Å². The first-order valence-corrected chi connectivity index (χ1v) is 12.9. The first kappa shape index (κ1) is 23.7. The number of thioether (sulfide) groups is 1. The molecule has 180 valence electrons. The minimum absolute atomic E-state index is 0.0715. The van der Waals surface area contributed by atoms with Gasteiger partial charge in [-0.3, -0.25) is 14.2 Å². The maximum Gasteiger partial charge on any atom is 0.263 e. The van der Waals surface area contributed by atoms with Crippen molar-refractivity contribution in [3.05, 3.63) is 63.2 Å². The van der Waals surface area contributed by atoms with E-state index in [4.69, 9.17) is 30.8 Å². The summed E-state index contributed by atoms with van der Waals surface area (Å²) in [6.45, 7) is 0.800. The first-order valence-electron chi connectivity index (χ1n) is 10.6. The molecule has 4 aromatic rings. The number of ether oxygens (including phenoxy) is 3. The van der Waals surface area contributed by atoms with Crippen LogP contribution >= 0.6 is 34.7 Å². The number of fused-ring (bicyclic) bond motifs is 2. The SMILES string of the molecule is COCCn1c(SCC(=O)Nc2ccc3c(c2)OCO3)nc2scc(-c3ccccc3Cl)c2c1=O. The summed E-state index contributed by atoms with van der Waals surface area (Å²) in [4.78, 5) is 31.5. The Balaban J connectivity index is 1.41. The standard InChI is InChI=1S/C24H20ClN3O5S2/c1-31-9-8-28-23(30)21-16(15-4-2-3-5-17(15)25)11-34-22(21)27-24(28)35-12-20(29)26-14-6-7-18-19(10-14)33-13-32-18/h2-7,10-11H,8-9,12-13H2,1H3,(H,26,29). The number of halogens is 1. The number of benzene rings is 2. The van der Waals surface area contributed by atoms with E-state index in [0.29, 0.717) is 50.7 Å². The van der Waals surface area contributed by atoms with Crippen molar-refractivity contribution in [3.8, 4) is 22.6 Å². The summed E-state index contributed by atoms with van der Waals surface area (Å²) >= 11 is 8.97. The zero-order chi connectivity index (χ0) is 24.4. The van der Waals surface area contributed by atoms with Crippen LogP contribution in [0.3, 0.4) is 0 Å². The number of amides is 1. The van der Waals surface area contributed by atoms with Crippen LogP contribution in [-0.4, -0.2) is 41.7 Å². The topological polar surface area (TPSA) is 91.7 Å². The lowest BCUT2D eigenvalue weighted by molar-refractivity contribution is -0.113. The summed E-state index contributed by atoms with van der Waals surface area (Å²) in [5, 5.41) is 6.25. The van der Waals surface area contributed by atoms with Gasteiger partial charge in [-0.1, -0.05) is 41.6 Å². The molecule has 5 rings (SSSR count). The number of nitrogens with one attached hydrogen (secondary N) is 1. The molecule has 0 unspecified atom stereocenters. The predicted octanol–water partition coefficient (Wildman–Crippen LogP) is 4.88. The number of methoxy groups -OCH3 is 1. The molecule has 0 fully saturated rings. The molecule has 11 heteroatoms. The van der Waals surface area contributed by atoms with Crippen molar-refractivity contribution in [2.75, 3.05) is 31.6 Å². The average Bonchev–Trinajstić information content (AvgIpc) is 3.49. The van der Waals surface area contributed by atoms with Crippen molar-refractivity contribution < 1.29 is 19.0 Å². The number of anilines is 1. The van der Waals surface area contributed by atoms with Gasteiger partial charge in [0.05, 0.1) is 24.3 Å². The number of aromatic nitrogens is 2. The molecule has 0 aliphatic carbocycles. The summed E-state index contributed by atoms with van der Waals surface area (Å²) in [6.07, 6.45) is 0. The van der Waals surface area contributed by atoms with E-state index in [0.717, 1.165) is 11.1 Å². The van der Waals surface area contributed by atoms with Crippen LogP contribution in [0.2, 0.25) is 5.02 Å². The largest absolute Gasteiger partial charge is 0.454 e. The van der Waals surface area contributed by atoms with Crippen molar-refractivity contribution >= 4 is 56.5 Å². The van der Waals surface area contributed by atoms with Gasteiger partial charge in [0, 0.05) is 40.4 Å². The number of nitrogens with zero attached hydrogens (tertiary/aromatic N) is 2. The van der Waals surface area contributed by atoms with E-state index in [1.807, 2.05) is 23.6 Å². The molecule has 0 bridgehead atoms. The molecular weight excluding hydrogens is 510 g/mol. The van der Waals surface area contributed by atoms with Crippen molar-refractivity contribution in [1.29, 1.82) is 0 Å². The molecule has 0 saturated carbocycles. The van der Waals surface area contributed by atoms with Crippen LogP contribution in [0.5, 0.6) is 11.5 Å². The molecule has 1 aliphatic heterocycles. The Morgan fingerprint density at radius 1 is 1.23 bits per heavy atom. The van der Waals surface area contributed by atoms with E-state index in [1.165, 1.54) is 23.1 Å². The van der Waals surface area contributed by atoms with Crippen LogP contribution in [0.15, 0.2) is 57.8 Å². The Kier molecular flexibility index (Phi) is 6.96. The van der Waals surface area contributed by atoms with Crippen molar-refractivity contribution in [1.82, 2.24) is 9.55 Å². The van der Waals surface area contributed by atoms with Crippen molar-refractivity contribution in [2.24, 2.45) is 0 Å².